The Morgan fingerprint density at radius 3 is 2.50 bits per heavy atom. The molecule has 0 radical (unpaired) electrons. The van der Waals surface area contributed by atoms with Crippen molar-refractivity contribution in [3.8, 4) is 0 Å². The Bertz CT molecular complexity index is 738. The van der Waals surface area contributed by atoms with Crippen molar-refractivity contribution in [3.05, 3.63) is 70.8 Å². The number of aryl methyl sites for hydroxylation is 1. The smallest absolute Gasteiger partial charge is 0.242 e. The number of benzene rings is 2. The van der Waals surface area contributed by atoms with Crippen LogP contribution in [-0.4, -0.2) is 29.8 Å². The minimum absolute atomic E-state index is 0.0261. The van der Waals surface area contributed by atoms with Gasteiger partial charge in [0.2, 0.25) is 11.8 Å². The van der Waals surface area contributed by atoms with E-state index in [1.807, 2.05) is 48.2 Å². The van der Waals surface area contributed by atoms with Gasteiger partial charge in [-0.15, -0.1) is 0 Å². The summed E-state index contributed by atoms with van der Waals surface area (Å²) in [5.74, 6) is -0.147. The quantitative estimate of drug-likeness (QED) is 0.938. The van der Waals surface area contributed by atoms with Crippen molar-refractivity contribution >= 4 is 11.8 Å². The van der Waals surface area contributed by atoms with Crippen LogP contribution in [0.5, 0.6) is 0 Å². The molecule has 0 aromatic heterocycles. The van der Waals surface area contributed by atoms with Crippen LogP contribution in [0.1, 0.15) is 22.3 Å². The summed E-state index contributed by atoms with van der Waals surface area (Å²) in [5, 5.41) is 2.74. The Morgan fingerprint density at radius 1 is 1.04 bits per heavy atom. The molecule has 0 bridgehead atoms. The molecule has 1 heterocycles. The molecule has 1 aliphatic rings. The summed E-state index contributed by atoms with van der Waals surface area (Å²) in [6.45, 7) is 3.42. The minimum Gasteiger partial charge on any atom is -0.347 e. The van der Waals surface area contributed by atoms with Gasteiger partial charge in [0.1, 0.15) is 0 Å². The molecule has 0 aliphatic carbocycles. The van der Waals surface area contributed by atoms with Gasteiger partial charge in [-0.05, 0) is 30.0 Å². The SMILES string of the molecule is Cc1ccc(CC(=O)NCC(=O)N2CCc3ccccc3C2)cc1. The van der Waals surface area contributed by atoms with Gasteiger partial charge in [-0.25, -0.2) is 0 Å². The lowest BCUT2D eigenvalue weighted by molar-refractivity contribution is -0.133. The van der Waals surface area contributed by atoms with Crippen molar-refractivity contribution in [3.63, 3.8) is 0 Å². The van der Waals surface area contributed by atoms with Gasteiger partial charge < -0.3 is 10.2 Å². The second-order valence-corrected chi connectivity index (χ2v) is 6.27. The largest absolute Gasteiger partial charge is 0.347 e. The molecule has 0 saturated heterocycles. The van der Waals surface area contributed by atoms with Gasteiger partial charge in [0.05, 0.1) is 13.0 Å². The lowest BCUT2D eigenvalue weighted by Gasteiger charge is -2.29. The Morgan fingerprint density at radius 2 is 1.75 bits per heavy atom. The molecule has 3 rings (SSSR count). The van der Waals surface area contributed by atoms with Crippen LogP contribution in [0.15, 0.2) is 48.5 Å². The Balaban J connectivity index is 1.49. The van der Waals surface area contributed by atoms with Crippen LogP contribution in [0.2, 0.25) is 0 Å². The molecular formula is C20H22N2O2. The van der Waals surface area contributed by atoms with E-state index in [0.29, 0.717) is 19.5 Å². The van der Waals surface area contributed by atoms with Crippen molar-refractivity contribution in [2.24, 2.45) is 0 Å². The lowest BCUT2D eigenvalue weighted by Crippen LogP contribution is -2.42. The number of amides is 2. The zero-order valence-electron chi connectivity index (χ0n) is 13.9. The predicted molar refractivity (Wildman–Crippen MR) is 93.5 cm³/mol. The summed E-state index contributed by atoms with van der Waals surface area (Å²) >= 11 is 0. The molecule has 4 heteroatoms. The van der Waals surface area contributed by atoms with Gasteiger partial charge in [0.15, 0.2) is 0 Å². The number of hydrogen-bond donors (Lipinski definition) is 1. The third kappa shape index (κ3) is 4.02. The fourth-order valence-corrected chi connectivity index (χ4v) is 2.95. The number of nitrogens with zero attached hydrogens (tertiary/aromatic N) is 1. The fraction of sp³-hybridized carbons (Fsp3) is 0.300. The molecule has 0 saturated carbocycles. The summed E-state index contributed by atoms with van der Waals surface area (Å²) in [6, 6.07) is 16.1. The number of carbonyl (C=O) groups is 2. The standard InChI is InChI=1S/C20H22N2O2/c1-15-6-8-16(9-7-15)12-19(23)21-13-20(24)22-11-10-17-4-2-3-5-18(17)14-22/h2-9H,10-14H2,1H3,(H,21,23). The first-order chi connectivity index (χ1) is 11.6. The maximum absolute atomic E-state index is 12.3. The van der Waals surface area contributed by atoms with Crippen LogP contribution in [-0.2, 0) is 29.0 Å². The Kier molecular flexibility index (Phi) is 4.94. The van der Waals surface area contributed by atoms with E-state index in [1.54, 1.807) is 0 Å². The van der Waals surface area contributed by atoms with Crippen molar-refractivity contribution in [1.82, 2.24) is 10.2 Å². The molecule has 0 atom stereocenters. The van der Waals surface area contributed by atoms with E-state index in [9.17, 15) is 9.59 Å². The molecule has 0 fully saturated rings. The summed E-state index contributed by atoms with van der Waals surface area (Å²) in [7, 11) is 0. The number of carbonyl (C=O) groups excluding carboxylic acids is 2. The average Bonchev–Trinajstić information content (AvgIpc) is 2.61. The number of rotatable bonds is 4. The number of fused-ring (bicyclic) bond motifs is 1. The first-order valence-electron chi connectivity index (χ1n) is 8.28. The molecule has 2 aromatic carbocycles. The van der Waals surface area contributed by atoms with E-state index in [0.717, 1.165) is 12.0 Å². The van der Waals surface area contributed by atoms with E-state index in [-0.39, 0.29) is 18.4 Å². The Hall–Kier alpha value is -2.62. The van der Waals surface area contributed by atoms with Crippen LogP contribution in [0.4, 0.5) is 0 Å². The molecule has 124 valence electrons. The number of nitrogens with one attached hydrogen (secondary N) is 1. The molecular weight excluding hydrogens is 300 g/mol. The number of hydrogen-bond acceptors (Lipinski definition) is 2. The zero-order valence-corrected chi connectivity index (χ0v) is 13.9. The van der Waals surface area contributed by atoms with Crippen LogP contribution in [0.3, 0.4) is 0 Å². The second-order valence-electron chi connectivity index (χ2n) is 6.27. The Labute approximate surface area is 142 Å². The lowest BCUT2D eigenvalue weighted by atomic mass is 10.00. The molecule has 24 heavy (non-hydrogen) atoms. The van der Waals surface area contributed by atoms with E-state index in [2.05, 4.69) is 17.4 Å². The summed E-state index contributed by atoms with van der Waals surface area (Å²) in [4.78, 5) is 26.1. The molecule has 1 aliphatic heterocycles. The summed E-state index contributed by atoms with van der Waals surface area (Å²) < 4.78 is 0. The van der Waals surface area contributed by atoms with Gasteiger partial charge in [-0.2, -0.15) is 0 Å². The van der Waals surface area contributed by atoms with Gasteiger partial charge in [-0.1, -0.05) is 54.1 Å². The van der Waals surface area contributed by atoms with Crippen LogP contribution in [0, 0.1) is 6.92 Å². The van der Waals surface area contributed by atoms with Crippen LogP contribution < -0.4 is 5.32 Å². The van der Waals surface area contributed by atoms with E-state index >= 15 is 0 Å². The van der Waals surface area contributed by atoms with Crippen molar-refractivity contribution in [2.75, 3.05) is 13.1 Å². The highest BCUT2D eigenvalue weighted by Gasteiger charge is 2.20. The van der Waals surface area contributed by atoms with Crippen LogP contribution >= 0.6 is 0 Å². The topological polar surface area (TPSA) is 49.4 Å². The van der Waals surface area contributed by atoms with Gasteiger partial charge in [0.25, 0.3) is 0 Å². The van der Waals surface area contributed by atoms with E-state index in [4.69, 9.17) is 0 Å². The van der Waals surface area contributed by atoms with Crippen molar-refractivity contribution in [1.29, 1.82) is 0 Å². The molecule has 1 N–H and O–H groups in total. The highest BCUT2D eigenvalue weighted by Crippen LogP contribution is 2.18. The maximum atomic E-state index is 12.3. The second kappa shape index (κ2) is 7.30. The van der Waals surface area contributed by atoms with E-state index in [1.165, 1.54) is 16.7 Å². The molecule has 0 unspecified atom stereocenters. The first kappa shape index (κ1) is 16.2. The van der Waals surface area contributed by atoms with Gasteiger partial charge in [-0.3, -0.25) is 9.59 Å². The van der Waals surface area contributed by atoms with Gasteiger partial charge >= 0.3 is 0 Å². The normalized spacial score (nSPS) is 13.3. The highest BCUT2D eigenvalue weighted by molar-refractivity contribution is 5.85. The molecule has 4 nitrogen and oxygen atoms in total. The van der Waals surface area contributed by atoms with E-state index < -0.39 is 0 Å². The summed E-state index contributed by atoms with van der Waals surface area (Å²) in [6.07, 6.45) is 1.18. The first-order valence-corrected chi connectivity index (χ1v) is 8.28. The monoisotopic (exact) mass is 322 g/mol. The fourth-order valence-electron chi connectivity index (χ4n) is 2.95. The minimum atomic E-state index is -0.121. The average molecular weight is 322 g/mol. The van der Waals surface area contributed by atoms with Gasteiger partial charge in [0, 0.05) is 13.1 Å². The maximum Gasteiger partial charge on any atom is 0.242 e. The zero-order chi connectivity index (χ0) is 16.9. The third-order valence-electron chi connectivity index (χ3n) is 4.41. The summed E-state index contributed by atoms with van der Waals surface area (Å²) in [5.41, 5.74) is 4.63. The molecule has 0 spiro atoms. The predicted octanol–water partition coefficient (Wildman–Crippen LogP) is 2.24. The van der Waals surface area contributed by atoms with Crippen molar-refractivity contribution < 1.29 is 9.59 Å². The molecule has 2 aromatic rings. The van der Waals surface area contributed by atoms with Crippen LogP contribution in [0.25, 0.3) is 0 Å². The molecule has 2 amide bonds. The third-order valence-corrected chi connectivity index (χ3v) is 4.41. The highest BCUT2D eigenvalue weighted by atomic mass is 16.2. The van der Waals surface area contributed by atoms with Crippen molar-refractivity contribution in [2.45, 2.75) is 26.3 Å².